The summed E-state index contributed by atoms with van der Waals surface area (Å²) in [6.45, 7) is 1.96. The molecule has 19 heavy (non-hydrogen) atoms. The molecule has 0 fully saturated rings. The average molecular weight is 250 g/mol. The summed E-state index contributed by atoms with van der Waals surface area (Å²) in [6.07, 6.45) is 3.53. The second-order valence-corrected chi connectivity index (χ2v) is 4.43. The largest absolute Gasteiger partial charge is 0.396 e. The van der Waals surface area contributed by atoms with Crippen LogP contribution in [0.5, 0.6) is 0 Å². The molecule has 2 heterocycles. The van der Waals surface area contributed by atoms with E-state index in [1.807, 2.05) is 43.3 Å². The number of anilines is 3. The Balaban J connectivity index is 1.99. The van der Waals surface area contributed by atoms with Crippen LogP contribution in [-0.4, -0.2) is 9.97 Å². The van der Waals surface area contributed by atoms with Crippen LogP contribution in [0, 0.1) is 6.92 Å². The van der Waals surface area contributed by atoms with Gasteiger partial charge < -0.3 is 11.1 Å². The Labute approximate surface area is 111 Å². The maximum atomic E-state index is 6.01. The number of aromatic nitrogens is 2. The van der Waals surface area contributed by atoms with Gasteiger partial charge in [-0.3, -0.25) is 4.98 Å². The second-order valence-electron chi connectivity index (χ2n) is 4.43. The van der Waals surface area contributed by atoms with Crippen LogP contribution in [0.25, 0.3) is 10.9 Å². The van der Waals surface area contributed by atoms with Crippen LogP contribution >= 0.6 is 0 Å². The molecule has 2 aromatic heterocycles. The van der Waals surface area contributed by atoms with Gasteiger partial charge in [-0.2, -0.15) is 0 Å². The smallest absolute Gasteiger partial charge is 0.153 e. The lowest BCUT2D eigenvalue weighted by Gasteiger charge is -2.10. The Kier molecular flexibility index (Phi) is 2.76. The van der Waals surface area contributed by atoms with Crippen LogP contribution in [0.15, 0.2) is 48.8 Å². The quantitative estimate of drug-likeness (QED) is 0.732. The first-order chi connectivity index (χ1) is 9.24. The fraction of sp³-hybridized carbons (Fsp3) is 0.0667. The summed E-state index contributed by atoms with van der Waals surface area (Å²) in [5.41, 5.74) is 9.61. The van der Waals surface area contributed by atoms with Crippen molar-refractivity contribution in [3.05, 3.63) is 54.4 Å². The van der Waals surface area contributed by atoms with Gasteiger partial charge in [-0.15, -0.1) is 0 Å². The van der Waals surface area contributed by atoms with E-state index in [9.17, 15) is 0 Å². The number of hydrogen-bond donors (Lipinski definition) is 2. The summed E-state index contributed by atoms with van der Waals surface area (Å²) in [5, 5.41) is 4.32. The number of hydrogen-bond acceptors (Lipinski definition) is 4. The standard InChI is InChI=1S/C15H14N4/c1-10-6-8-18-15(14(10)16)19-12-4-5-13-11(9-12)3-2-7-17-13/h2-9H,16H2,1H3,(H,18,19). The minimum Gasteiger partial charge on any atom is -0.396 e. The topological polar surface area (TPSA) is 63.8 Å². The molecule has 3 N–H and O–H groups in total. The highest BCUT2D eigenvalue weighted by Crippen LogP contribution is 2.25. The lowest BCUT2D eigenvalue weighted by molar-refractivity contribution is 1.28. The summed E-state index contributed by atoms with van der Waals surface area (Å²) in [7, 11) is 0. The highest BCUT2D eigenvalue weighted by Gasteiger charge is 2.04. The van der Waals surface area contributed by atoms with E-state index in [1.54, 1.807) is 12.4 Å². The van der Waals surface area contributed by atoms with Crippen molar-refractivity contribution in [1.29, 1.82) is 0 Å². The predicted octanol–water partition coefficient (Wildman–Crippen LogP) is 3.26. The Morgan fingerprint density at radius 3 is 2.84 bits per heavy atom. The van der Waals surface area contributed by atoms with Crippen LogP contribution in [0.2, 0.25) is 0 Å². The maximum Gasteiger partial charge on any atom is 0.153 e. The van der Waals surface area contributed by atoms with Gasteiger partial charge in [-0.1, -0.05) is 6.07 Å². The van der Waals surface area contributed by atoms with Gasteiger partial charge in [0.1, 0.15) is 0 Å². The fourth-order valence-electron chi connectivity index (χ4n) is 1.96. The lowest BCUT2D eigenvalue weighted by atomic mass is 10.2. The van der Waals surface area contributed by atoms with E-state index < -0.39 is 0 Å². The summed E-state index contributed by atoms with van der Waals surface area (Å²) >= 11 is 0. The molecule has 0 saturated heterocycles. The molecule has 0 unspecified atom stereocenters. The van der Waals surface area contributed by atoms with Gasteiger partial charge in [0.2, 0.25) is 0 Å². The zero-order valence-corrected chi connectivity index (χ0v) is 10.6. The van der Waals surface area contributed by atoms with E-state index in [4.69, 9.17) is 5.73 Å². The first-order valence-electron chi connectivity index (χ1n) is 6.07. The number of nitrogens with one attached hydrogen (secondary N) is 1. The van der Waals surface area contributed by atoms with Crippen LogP contribution in [0.3, 0.4) is 0 Å². The molecule has 3 rings (SSSR count). The molecule has 0 spiro atoms. The van der Waals surface area contributed by atoms with Crippen LogP contribution in [0.1, 0.15) is 5.56 Å². The molecule has 0 saturated carbocycles. The van der Waals surface area contributed by atoms with Crippen molar-refractivity contribution in [3.63, 3.8) is 0 Å². The molecule has 0 aliphatic rings. The van der Waals surface area contributed by atoms with E-state index in [0.717, 1.165) is 22.2 Å². The Morgan fingerprint density at radius 1 is 1.05 bits per heavy atom. The molecule has 4 nitrogen and oxygen atoms in total. The number of benzene rings is 1. The Bertz CT molecular complexity index is 737. The van der Waals surface area contributed by atoms with Crippen molar-refractivity contribution in [2.24, 2.45) is 0 Å². The van der Waals surface area contributed by atoms with Crippen molar-refractivity contribution in [2.45, 2.75) is 6.92 Å². The molecule has 0 aliphatic carbocycles. The third-order valence-corrected chi connectivity index (χ3v) is 3.07. The zero-order valence-electron chi connectivity index (χ0n) is 10.6. The Hall–Kier alpha value is -2.62. The molecule has 0 aliphatic heterocycles. The van der Waals surface area contributed by atoms with Crippen molar-refractivity contribution in [2.75, 3.05) is 11.1 Å². The van der Waals surface area contributed by atoms with E-state index in [1.165, 1.54) is 0 Å². The van der Waals surface area contributed by atoms with E-state index in [0.29, 0.717) is 11.5 Å². The number of aryl methyl sites for hydroxylation is 1. The average Bonchev–Trinajstić information content (AvgIpc) is 2.44. The van der Waals surface area contributed by atoms with Gasteiger partial charge in [-0.25, -0.2) is 4.98 Å². The van der Waals surface area contributed by atoms with Crippen LogP contribution < -0.4 is 11.1 Å². The molecule has 1 aromatic carbocycles. The van der Waals surface area contributed by atoms with Gasteiger partial charge in [-0.05, 0) is 42.8 Å². The number of nitrogen functional groups attached to an aromatic ring is 1. The van der Waals surface area contributed by atoms with E-state index in [2.05, 4.69) is 15.3 Å². The van der Waals surface area contributed by atoms with Gasteiger partial charge in [0.15, 0.2) is 5.82 Å². The normalized spacial score (nSPS) is 10.6. The number of pyridine rings is 2. The minimum absolute atomic E-state index is 0.675. The first-order valence-corrected chi connectivity index (χ1v) is 6.07. The van der Waals surface area contributed by atoms with Gasteiger partial charge in [0.05, 0.1) is 11.2 Å². The highest BCUT2D eigenvalue weighted by atomic mass is 15.0. The van der Waals surface area contributed by atoms with E-state index >= 15 is 0 Å². The summed E-state index contributed by atoms with van der Waals surface area (Å²) in [6, 6.07) is 11.8. The molecule has 4 heteroatoms. The monoisotopic (exact) mass is 250 g/mol. The molecule has 0 radical (unpaired) electrons. The molecule has 3 aromatic rings. The number of fused-ring (bicyclic) bond motifs is 1. The maximum absolute atomic E-state index is 6.01. The number of rotatable bonds is 2. The van der Waals surface area contributed by atoms with Crippen molar-refractivity contribution in [3.8, 4) is 0 Å². The molecular weight excluding hydrogens is 236 g/mol. The van der Waals surface area contributed by atoms with Gasteiger partial charge in [0, 0.05) is 23.5 Å². The second kappa shape index (κ2) is 4.57. The van der Waals surface area contributed by atoms with Crippen molar-refractivity contribution in [1.82, 2.24) is 9.97 Å². The third kappa shape index (κ3) is 2.20. The summed E-state index contributed by atoms with van der Waals surface area (Å²) in [4.78, 5) is 8.56. The molecular formula is C15H14N4. The van der Waals surface area contributed by atoms with Gasteiger partial charge in [0.25, 0.3) is 0 Å². The highest BCUT2D eigenvalue weighted by molar-refractivity contribution is 5.84. The Morgan fingerprint density at radius 2 is 1.95 bits per heavy atom. The lowest BCUT2D eigenvalue weighted by Crippen LogP contribution is -2.00. The fourth-order valence-corrected chi connectivity index (χ4v) is 1.96. The predicted molar refractivity (Wildman–Crippen MR) is 78.4 cm³/mol. The summed E-state index contributed by atoms with van der Waals surface area (Å²) < 4.78 is 0. The van der Waals surface area contributed by atoms with Crippen molar-refractivity contribution >= 4 is 28.1 Å². The molecule has 94 valence electrons. The third-order valence-electron chi connectivity index (χ3n) is 3.07. The first kappa shape index (κ1) is 11.5. The molecule has 0 atom stereocenters. The zero-order chi connectivity index (χ0) is 13.2. The molecule has 0 amide bonds. The number of nitrogens with zero attached hydrogens (tertiary/aromatic N) is 2. The van der Waals surface area contributed by atoms with Crippen molar-refractivity contribution < 1.29 is 0 Å². The van der Waals surface area contributed by atoms with Crippen LogP contribution in [0.4, 0.5) is 17.2 Å². The molecule has 0 bridgehead atoms. The minimum atomic E-state index is 0.675. The SMILES string of the molecule is Cc1ccnc(Nc2ccc3ncccc3c2)c1N. The summed E-state index contributed by atoms with van der Waals surface area (Å²) in [5.74, 6) is 0.684. The van der Waals surface area contributed by atoms with Crippen LogP contribution in [-0.2, 0) is 0 Å². The van der Waals surface area contributed by atoms with E-state index in [-0.39, 0.29) is 0 Å². The number of nitrogens with two attached hydrogens (primary N) is 1. The van der Waals surface area contributed by atoms with Gasteiger partial charge >= 0.3 is 0 Å².